The third-order valence-electron chi connectivity index (χ3n) is 2.27. The Morgan fingerprint density at radius 3 is 1.38 bits per heavy atom. The first-order valence-corrected chi connectivity index (χ1v) is 6.77. The van der Waals surface area contributed by atoms with Gasteiger partial charge in [-0.1, -0.05) is 0 Å². The van der Waals surface area contributed by atoms with Gasteiger partial charge in [-0.25, -0.2) is 4.79 Å². The Hall–Kier alpha value is -2.45. The van der Waals surface area contributed by atoms with Crippen molar-refractivity contribution >= 4 is 30.0 Å². The molecule has 8 N–H and O–H groups in total. The number of ketones is 1. The Bertz CT molecular complexity index is 435. The molecule has 0 amide bonds. The molecule has 0 bridgehead atoms. The second-order valence-corrected chi connectivity index (χ2v) is 4.51. The molecule has 4 atom stereocenters. The molecular formula is C13H22O13. The minimum absolute atomic E-state index is 0.0258. The number of rotatable bonds is 9. The van der Waals surface area contributed by atoms with E-state index in [1.165, 1.54) is 0 Å². The van der Waals surface area contributed by atoms with Gasteiger partial charge in [-0.15, -0.1) is 0 Å². The predicted molar refractivity (Wildman–Crippen MR) is 80.0 cm³/mol. The number of hydrogen-bond donors (Lipinski definition) is 8. The number of Topliss-reactive ketones (excluding diaryl/α,β-unsaturated/α-hetero) is 1. The maximum atomic E-state index is 9.90. The van der Waals surface area contributed by atoms with Crippen molar-refractivity contribution in [3.63, 3.8) is 0 Å². The lowest BCUT2D eigenvalue weighted by Gasteiger charge is -2.22. The van der Waals surface area contributed by atoms with Gasteiger partial charge in [0.05, 0.1) is 19.4 Å². The summed E-state index contributed by atoms with van der Waals surface area (Å²) in [6, 6.07) is 0. The molecular weight excluding hydrogens is 364 g/mol. The van der Waals surface area contributed by atoms with E-state index >= 15 is 0 Å². The molecule has 0 saturated carbocycles. The van der Waals surface area contributed by atoms with Crippen molar-refractivity contribution in [1.82, 2.24) is 0 Å². The zero-order valence-electron chi connectivity index (χ0n) is 13.6. The zero-order chi connectivity index (χ0) is 21.4. The van der Waals surface area contributed by atoms with Crippen molar-refractivity contribution < 1.29 is 64.8 Å². The summed E-state index contributed by atoms with van der Waals surface area (Å²) in [6.45, 7) is 0.242. The number of carboxylic acid groups (broad SMARTS) is 3. The van der Waals surface area contributed by atoms with E-state index in [2.05, 4.69) is 0 Å². The van der Waals surface area contributed by atoms with Crippen molar-refractivity contribution in [2.24, 2.45) is 0 Å². The number of hydrogen-bond acceptors (Lipinski definition) is 10. The quantitative estimate of drug-likeness (QED) is 0.140. The van der Waals surface area contributed by atoms with E-state index in [0.717, 1.165) is 6.92 Å². The molecule has 13 heteroatoms. The zero-order valence-corrected chi connectivity index (χ0v) is 13.6. The highest BCUT2D eigenvalue weighted by atomic mass is 16.4. The van der Waals surface area contributed by atoms with Gasteiger partial charge in [0.15, 0.2) is 6.29 Å². The fourth-order valence-electron chi connectivity index (χ4n) is 0.832. The summed E-state index contributed by atoms with van der Waals surface area (Å²) in [5.74, 6) is -4.36. The Labute approximate surface area is 146 Å². The topological polar surface area (TPSA) is 247 Å². The molecule has 0 aliphatic rings. The summed E-state index contributed by atoms with van der Waals surface area (Å²) < 4.78 is 0. The fraction of sp³-hybridized carbons (Fsp3) is 0.615. The van der Waals surface area contributed by atoms with Crippen molar-refractivity contribution in [1.29, 1.82) is 0 Å². The van der Waals surface area contributed by atoms with Gasteiger partial charge >= 0.3 is 17.9 Å². The van der Waals surface area contributed by atoms with Gasteiger partial charge in [0, 0.05) is 6.92 Å². The Morgan fingerprint density at radius 1 is 0.846 bits per heavy atom. The van der Waals surface area contributed by atoms with Crippen molar-refractivity contribution in [3.8, 4) is 0 Å². The summed E-state index contributed by atoms with van der Waals surface area (Å²) >= 11 is 0. The molecule has 0 aliphatic heterocycles. The lowest BCUT2D eigenvalue weighted by Crippen LogP contribution is -2.46. The SMILES string of the molecule is CC(=O)C(=O)O.O=C(O)CCC(=O)O.O=C[C@H](O)[C@@H](O)[C@H](O)[C@H](O)CO. The molecule has 0 aromatic heterocycles. The molecule has 0 rings (SSSR count). The van der Waals surface area contributed by atoms with Gasteiger partial charge in [-0.2, -0.15) is 0 Å². The monoisotopic (exact) mass is 386 g/mol. The maximum absolute atomic E-state index is 9.90. The minimum atomic E-state index is -1.79. The largest absolute Gasteiger partial charge is 0.481 e. The van der Waals surface area contributed by atoms with E-state index in [9.17, 15) is 24.0 Å². The second-order valence-electron chi connectivity index (χ2n) is 4.51. The molecule has 0 fully saturated rings. The lowest BCUT2D eigenvalue weighted by molar-refractivity contribution is -0.148. The van der Waals surface area contributed by atoms with E-state index in [1.54, 1.807) is 0 Å². The van der Waals surface area contributed by atoms with Crippen LogP contribution >= 0.6 is 0 Å². The number of carbonyl (C=O) groups is 5. The first-order chi connectivity index (χ1) is 11.8. The normalized spacial score (nSPS) is 14.1. The van der Waals surface area contributed by atoms with Gasteiger partial charge in [0.2, 0.25) is 5.78 Å². The molecule has 152 valence electrons. The third-order valence-corrected chi connectivity index (χ3v) is 2.27. The summed E-state index contributed by atoms with van der Waals surface area (Å²) in [7, 11) is 0. The van der Waals surface area contributed by atoms with Crippen LogP contribution in [-0.2, 0) is 24.0 Å². The van der Waals surface area contributed by atoms with Crippen molar-refractivity contribution in [3.05, 3.63) is 0 Å². The van der Waals surface area contributed by atoms with E-state index in [4.69, 9.17) is 40.9 Å². The van der Waals surface area contributed by atoms with Crippen LogP contribution in [0.3, 0.4) is 0 Å². The smallest absolute Gasteiger partial charge is 0.371 e. The first kappa shape index (κ1) is 28.4. The van der Waals surface area contributed by atoms with Crippen molar-refractivity contribution in [2.75, 3.05) is 6.61 Å². The molecule has 0 unspecified atom stereocenters. The van der Waals surface area contributed by atoms with Crippen LogP contribution in [0.2, 0.25) is 0 Å². The molecule has 26 heavy (non-hydrogen) atoms. The first-order valence-electron chi connectivity index (χ1n) is 6.77. The molecule has 0 saturated heterocycles. The molecule has 0 aromatic rings. The summed E-state index contributed by atoms with van der Waals surface area (Å²) in [5.41, 5.74) is 0. The van der Waals surface area contributed by atoms with Crippen molar-refractivity contribution in [2.45, 2.75) is 44.2 Å². The molecule has 0 spiro atoms. The van der Waals surface area contributed by atoms with Gasteiger partial charge in [-0.05, 0) is 0 Å². The predicted octanol–water partition coefficient (Wildman–Crippen LogP) is -3.78. The van der Waals surface area contributed by atoms with E-state index in [1.807, 2.05) is 0 Å². The summed E-state index contributed by atoms with van der Waals surface area (Å²) in [5, 5.41) is 67.0. The fourth-order valence-corrected chi connectivity index (χ4v) is 0.832. The average molecular weight is 386 g/mol. The van der Waals surface area contributed by atoms with Crippen LogP contribution in [0.25, 0.3) is 0 Å². The van der Waals surface area contributed by atoms with E-state index in [0.29, 0.717) is 0 Å². The van der Waals surface area contributed by atoms with Crippen LogP contribution in [0.1, 0.15) is 19.8 Å². The highest BCUT2D eigenvalue weighted by molar-refractivity contribution is 6.31. The molecule has 0 heterocycles. The Morgan fingerprint density at radius 2 is 1.19 bits per heavy atom. The van der Waals surface area contributed by atoms with Gasteiger partial charge in [0.25, 0.3) is 0 Å². The highest BCUT2D eigenvalue weighted by Crippen LogP contribution is 2.02. The van der Waals surface area contributed by atoms with Crippen LogP contribution in [-0.4, -0.2) is 102 Å². The van der Waals surface area contributed by atoms with Crippen LogP contribution in [0.5, 0.6) is 0 Å². The average Bonchev–Trinajstić information content (AvgIpc) is 2.58. The van der Waals surface area contributed by atoms with E-state index < -0.39 is 54.7 Å². The molecule has 0 aliphatic carbocycles. The standard InChI is InChI=1S/C6H12O6.C4H6O4.C3H4O3/c7-1-3(9)5(11)6(12)4(10)2-8;5-3(6)1-2-4(7)8;1-2(4)3(5)6/h1,3-6,8-12H,2H2;1-2H2,(H,5,6)(H,7,8);1H3,(H,5,6)/t3-,4+,5+,6+;;/m0../s1. The highest BCUT2D eigenvalue weighted by Gasteiger charge is 2.29. The number of aldehydes is 1. The summed E-state index contributed by atoms with van der Waals surface area (Å²) in [6.07, 6.45) is -7.43. The third kappa shape index (κ3) is 17.9. The maximum Gasteiger partial charge on any atom is 0.371 e. The number of carboxylic acids is 3. The van der Waals surface area contributed by atoms with Crippen LogP contribution in [0.15, 0.2) is 0 Å². The summed E-state index contributed by atoms with van der Waals surface area (Å²) in [4.78, 5) is 48.1. The minimum Gasteiger partial charge on any atom is -0.481 e. The number of aliphatic hydroxyl groups excluding tert-OH is 5. The Balaban J connectivity index is -0.000000328. The number of aliphatic hydroxyl groups is 5. The van der Waals surface area contributed by atoms with Gasteiger partial charge in [-0.3, -0.25) is 14.4 Å². The Kier molecular flexibility index (Phi) is 17.5. The van der Waals surface area contributed by atoms with Gasteiger partial charge in [0.1, 0.15) is 24.4 Å². The number of aliphatic carboxylic acids is 3. The molecule has 13 nitrogen and oxygen atoms in total. The second kappa shape index (κ2) is 16.0. The van der Waals surface area contributed by atoms with Crippen LogP contribution in [0.4, 0.5) is 0 Å². The number of carbonyl (C=O) groups excluding carboxylic acids is 2. The molecule has 0 radical (unpaired) electrons. The van der Waals surface area contributed by atoms with Gasteiger partial charge < -0.3 is 45.6 Å². The van der Waals surface area contributed by atoms with E-state index in [-0.39, 0.29) is 19.1 Å². The van der Waals surface area contributed by atoms with Crippen LogP contribution in [0, 0.1) is 0 Å². The lowest BCUT2D eigenvalue weighted by atomic mass is 10.0. The molecule has 0 aromatic carbocycles. The van der Waals surface area contributed by atoms with Crippen LogP contribution < -0.4 is 0 Å².